The zero-order valence-electron chi connectivity index (χ0n) is 15.5. The summed E-state index contributed by atoms with van der Waals surface area (Å²) >= 11 is 0. The van der Waals surface area contributed by atoms with Crippen molar-refractivity contribution in [1.29, 1.82) is 5.26 Å². The minimum atomic E-state index is -0.102. The van der Waals surface area contributed by atoms with Crippen molar-refractivity contribution in [3.8, 4) is 11.8 Å². The smallest absolute Gasteiger partial charge is 0.254 e. The van der Waals surface area contributed by atoms with E-state index in [1.165, 1.54) is 6.33 Å². The molecule has 0 aliphatic carbocycles. The Morgan fingerprint density at radius 1 is 1.26 bits per heavy atom. The van der Waals surface area contributed by atoms with Gasteiger partial charge >= 0.3 is 0 Å². The molecule has 0 N–H and O–H groups in total. The molecule has 0 saturated heterocycles. The fourth-order valence-corrected chi connectivity index (χ4v) is 3.09. The molecule has 0 aliphatic rings. The Kier molecular flexibility index (Phi) is 5.27. The number of hydrogen-bond acceptors (Lipinski definition) is 5. The minimum Gasteiger partial charge on any atom is -0.332 e. The molecule has 7 heteroatoms. The van der Waals surface area contributed by atoms with Crippen LogP contribution in [0.3, 0.4) is 0 Å². The SMILES string of the molecule is CCN(C(=O)c1ccc(-n2cnnn2)c(C)c1)C(C)c1ccc(C#N)cc1. The van der Waals surface area contributed by atoms with Crippen molar-refractivity contribution in [1.82, 2.24) is 25.1 Å². The summed E-state index contributed by atoms with van der Waals surface area (Å²) in [5, 5.41) is 20.1. The Hall–Kier alpha value is -3.53. The summed E-state index contributed by atoms with van der Waals surface area (Å²) in [6.07, 6.45) is 1.52. The van der Waals surface area contributed by atoms with E-state index in [-0.39, 0.29) is 11.9 Å². The summed E-state index contributed by atoms with van der Waals surface area (Å²) in [5.74, 6) is -0.0410. The molecule has 0 radical (unpaired) electrons. The van der Waals surface area contributed by atoms with Gasteiger partial charge < -0.3 is 4.90 Å². The Balaban J connectivity index is 1.86. The number of nitriles is 1. The fourth-order valence-electron chi connectivity index (χ4n) is 3.09. The van der Waals surface area contributed by atoms with Gasteiger partial charge in [-0.05, 0) is 72.7 Å². The third kappa shape index (κ3) is 3.70. The lowest BCUT2D eigenvalue weighted by molar-refractivity contribution is 0.0702. The Labute approximate surface area is 157 Å². The van der Waals surface area contributed by atoms with E-state index in [1.807, 2.05) is 49.9 Å². The van der Waals surface area contributed by atoms with Crippen LogP contribution in [0.2, 0.25) is 0 Å². The van der Waals surface area contributed by atoms with Crippen LogP contribution < -0.4 is 0 Å². The molecule has 0 saturated carbocycles. The molecule has 0 bridgehead atoms. The highest BCUT2D eigenvalue weighted by molar-refractivity contribution is 5.95. The summed E-state index contributed by atoms with van der Waals surface area (Å²) in [6, 6.07) is 14.8. The Morgan fingerprint density at radius 3 is 2.56 bits per heavy atom. The van der Waals surface area contributed by atoms with Crippen LogP contribution in [0.1, 0.15) is 46.9 Å². The van der Waals surface area contributed by atoms with E-state index in [2.05, 4.69) is 21.6 Å². The van der Waals surface area contributed by atoms with Gasteiger partial charge in [-0.25, -0.2) is 4.68 Å². The van der Waals surface area contributed by atoms with E-state index in [0.29, 0.717) is 17.7 Å². The Bertz CT molecular complexity index is 973. The zero-order chi connectivity index (χ0) is 19.4. The second-order valence-corrected chi connectivity index (χ2v) is 6.26. The molecular formula is C20H20N6O. The Morgan fingerprint density at radius 2 is 2.00 bits per heavy atom. The summed E-state index contributed by atoms with van der Waals surface area (Å²) in [7, 11) is 0. The fraction of sp³-hybridized carbons (Fsp3) is 0.250. The highest BCUT2D eigenvalue weighted by Gasteiger charge is 2.22. The third-order valence-electron chi connectivity index (χ3n) is 4.63. The quantitative estimate of drug-likeness (QED) is 0.698. The lowest BCUT2D eigenvalue weighted by atomic mass is 10.0. The number of carbonyl (C=O) groups is 1. The van der Waals surface area contributed by atoms with E-state index in [9.17, 15) is 4.79 Å². The lowest BCUT2D eigenvalue weighted by Crippen LogP contribution is -2.33. The number of tetrazole rings is 1. The first kappa shape index (κ1) is 18.3. The van der Waals surface area contributed by atoms with Crippen molar-refractivity contribution in [3.05, 3.63) is 71.0 Å². The lowest BCUT2D eigenvalue weighted by Gasteiger charge is -2.29. The second kappa shape index (κ2) is 7.79. The summed E-state index contributed by atoms with van der Waals surface area (Å²) < 4.78 is 1.57. The highest BCUT2D eigenvalue weighted by Crippen LogP contribution is 2.24. The van der Waals surface area contributed by atoms with Crippen molar-refractivity contribution >= 4 is 5.91 Å². The normalized spacial score (nSPS) is 11.6. The van der Waals surface area contributed by atoms with Crippen LogP contribution in [-0.4, -0.2) is 37.6 Å². The van der Waals surface area contributed by atoms with Crippen LogP contribution in [-0.2, 0) is 0 Å². The van der Waals surface area contributed by atoms with E-state index in [0.717, 1.165) is 16.8 Å². The molecule has 0 aliphatic heterocycles. The number of benzene rings is 2. The van der Waals surface area contributed by atoms with E-state index >= 15 is 0 Å². The maximum atomic E-state index is 13.1. The number of hydrogen-bond donors (Lipinski definition) is 0. The van der Waals surface area contributed by atoms with Gasteiger partial charge in [-0.1, -0.05) is 12.1 Å². The monoisotopic (exact) mass is 360 g/mol. The van der Waals surface area contributed by atoms with Gasteiger partial charge in [0.1, 0.15) is 6.33 Å². The molecule has 1 aromatic heterocycles. The van der Waals surface area contributed by atoms with Crippen LogP contribution in [0.15, 0.2) is 48.8 Å². The predicted molar refractivity (Wildman–Crippen MR) is 100 cm³/mol. The van der Waals surface area contributed by atoms with Crippen molar-refractivity contribution in [2.75, 3.05) is 6.54 Å². The van der Waals surface area contributed by atoms with Gasteiger partial charge in [-0.3, -0.25) is 4.79 Å². The number of aromatic nitrogens is 4. The van der Waals surface area contributed by atoms with Gasteiger partial charge in [-0.2, -0.15) is 5.26 Å². The summed E-state index contributed by atoms with van der Waals surface area (Å²) in [5.41, 5.74) is 3.96. The minimum absolute atomic E-state index is 0.0410. The molecule has 136 valence electrons. The third-order valence-corrected chi connectivity index (χ3v) is 4.63. The molecule has 1 amide bonds. The van der Waals surface area contributed by atoms with Gasteiger partial charge in [0, 0.05) is 12.1 Å². The van der Waals surface area contributed by atoms with Gasteiger partial charge in [-0.15, -0.1) is 5.10 Å². The highest BCUT2D eigenvalue weighted by atomic mass is 16.2. The zero-order valence-corrected chi connectivity index (χ0v) is 15.5. The van der Waals surface area contributed by atoms with E-state index in [4.69, 9.17) is 5.26 Å². The predicted octanol–water partition coefficient (Wildman–Crippen LogP) is 3.07. The number of aryl methyl sites for hydroxylation is 1. The molecule has 1 atom stereocenters. The maximum absolute atomic E-state index is 13.1. The number of carbonyl (C=O) groups excluding carboxylic acids is 1. The molecule has 2 aromatic carbocycles. The average Bonchev–Trinajstić information content (AvgIpc) is 3.22. The first-order valence-electron chi connectivity index (χ1n) is 8.70. The van der Waals surface area contributed by atoms with Crippen LogP contribution >= 0.6 is 0 Å². The molecule has 3 aromatic rings. The van der Waals surface area contributed by atoms with Crippen molar-refractivity contribution in [2.45, 2.75) is 26.8 Å². The summed E-state index contributed by atoms with van der Waals surface area (Å²) in [6.45, 7) is 6.45. The standard InChI is InChI=1S/C20H20N6O/c1-4-25(15(3)17-7-5-16(12-21)6-8-17)20(27)18-9-10-19(14(2)11-18)26-13-22-23-24-26/h5-11,13,15H,4H2,1-3H3. The second-order valence-electron chi connectivity index (χ2n) is 6.26. The number of rotatable bonds is 5. The van der Waals surface area contributed by atoms with E-state index < -0.39 is 0 Å². The van der Waals surface area contributed by atoms with Gasteiger partial charge in [0.25, 0.3) is 5.91 Å². The average molecular weight is 360 g/mol. The molecule has 7 nitrogen and oxygen atoms in total. The maximum Gasteiger partial charge on any atom is 0.254 e. The first-order valence-corrected chi connectivity index (χ1v) is 8.70. The van der Waals surface area contributed by atoms with Crippen molar-refractivity contribution < 1.29 is 4.79 Å². The van der Waals surface area contributed by atoms with Crippen molar-refractivity contribution in [3.63, 3.8) is 0 Å². The topological polar surface area (TPSA) is 87.7 Å². The van der Waals surface area contributed by atoms with Crippen LogP contribution in [0.4, 0.5) is 0 Å². The molecule has 1 heterocycles. The van der Waals surface area contributed by atoms with Crippen LogP contribution in [0.5, 0.6) is 0 Å². The molecular weight excluding hydrogens is 340 g/mol. The van der Waals surface area contributed by atoms with Gasteiger partial charge in [0.2, 0.25) is 0 Å². The molecule has 27 heavy (non-hydrogen) atoms. The molecule has 0 spiro atoms. The first-order chi connectivity index (χ1) is 13.0. The van der Waals surface area contributed by atoms with E-state index in [1.54, 1.807) is 22.9 Å². The van der Waals surface area contributed by atoms with Gasteiger partial charge in [0.05, 0.1) is 23.4 Å². The van der Waals surface area contributed by atoms with Gasteiger partial charge in [0.15, 0.2) is 0 Å². The number of nitrogens with zero attached hydrogens (tertiary/aromatic N) is 6. The molecule has 3 rings (SSSR count). The largest absolute Gasteiger partial charge is 0.332 e. The molecule has 1 unspecified atom stereocenters. The molecule has 0 fully saturated rings. The van der Waals surface area contributed by atoms with Crippen LogP contribution in [0.25, 0.3) is 5.69 Å². The number of amides is 1. The van der Waals surface area contributed by atoms with Crippen LogP contribution in [0, 0.1) is 18.3 Å². The summed E-state index contributed by atoms with van der Waals surface area (Å²) in [4.78, 5) is 14.9. The van der Waals surface area contributed by atoms with Crippen molar-refractivity contribution in [2.24, 2.45) is 0 Å².